The average Bonchev–Trinajstić information content (AvgIpc) is 3.34. The lowest BCUT2D eigenvalue weighted by Gasteiger charge is -2.34. The van der Waals surface area contributed by atoms with Crippen molar-refractivity contribution in [1.82, 2.24) is 20.0 Å². The third-order valence-corrected chi connectivity index (χ3v) is 7.29. The number of piperazine rings is 1. The number of carbonyl (C=O) groups is 2. The van der Waals surface area contributed by atoms with Crippen molar-refractivity contribution < 1.29 is 9.59 Å². The summed E-state index contributed by atoms with van der Waals surface area (Å²) in [7, 11) is 0. The van der Waals surface area contributed by atoms with E-state index in [2.05, 4.69) is 46.3 Å². The second-order valence-corrected chi connectivity index (χ2v) is 9.40. The molecule has 0 aliphatic carbocycles. The van der Waals surface area contributed by atoms with Crippen molar-refractivity contribution in [2.45, 2.75) is 26.1 Å². The van der Waals surface area contributed by atoms with Gasteiger partial charge < -0.3 is 15.1 Å². The zero-order valence-electron chi connectivity index (χ0n) is 18.7. The van der Waals surface area contributed by atoms with Crippen LogP contribution in [-0.4, -0.2) is 76.9 Å². The Morgan fingerprint density at radius 3 is 2.28 bits per heavy atom. The van der Waals surface area contributed by atoms with Gasteiger partial charge in [-0.25, -0.2) is 0 Å². The van der Waals surface area contributed by atoms with Crippen LogP contribution in [0, 0.1) is 0 Å². The SMILES string of the molecule is CCN1CCN(Cc2ccc(CNC(=O)C3CSCN3C(=O)c3ccccc3)cc2)CC1. The van der Waals surface area contributed by atoms with Gasteiger partial charge in [0.05, 0.1) is 5.88 Å². The van der Waals surface area contributed by atoms with Crippen molar-refractivity contribution in [3.05, 3.63) is 71.3 Å². The first-order chi connectivity index (χ1) is 15.6. The number of benzene rings is 2. The molecule has 0 aromatic heterocycles. The van der Waals surface area contributed by atoms with Crippen molar-refractivity contribution in [2.75, 3.05) is 44.4 Å². The summed E-state index contributed by atoms with van der Waals surface area (Å²) >= 11 is 1.62. The molecule has 1 atom stereocenters. The van der Waals surface area contributed by atoms with Crippen LogP contribution in [0.4, 0.5) is 0 Å². The highest BCUT2D eigenvalue weighted by Crippen LogP contribution is 2.23. The van der Waals surface area contributed by atoms with Crippen LogP contribution in [0.25, 0.3) is 0 Å². The number of carbonyl (C=O) groups excluding carboxylic acids is 2. The van der Waals surface area contributed by atoms with Crippen molar-refractivity contribution in [3.63, 3.8) is 0 Å². The van der Waals surface area contributed by atoms with E-state index in [-0.39, 0.29) is 11.8 Å². The fourth-order valence-corrected chi connectivity index (χ4v) is 5.35. The smallest absolute Gasteiger partial charge is 0.255 e. The summed E-state index contributed by atoms with van der Waals surface area (Å²) in [5, 5.41) is 3.03. The molecule has 0 saturated carbocycles. The number of thioether (sulfide) groups is 1. The second kappa shape index (κ2) is 11.0. The molecule has 6 nitrogen and oxygen atoms in total. The van der Waals surface area contributed by atoms with Crippen LogP contribution in [0.1, 0.15) is 28.4 Å². The fourth-order valence-electron chi connectivity index (χ4n) is 4.20. The zero-order valence-corrected chi connectivity index (χ0v) is 19.5. The number of likely N-dealkylation sites (N-methyl/N-ethyl adjacent to an activating group) is 1. The Balaban J connectivity index is 1.27. The van der Waals surface area contributed by atoms with Gasteiger partial charge in [0.2, 0.25) is 5.91 Å². The molecule has 2 aromatic carbocycles. The summed E-state index contributed by atoms with van der Waals surface area (Å²) in [6.45, 7) is 9.31. The molecule has 0 radical (unpaired) electrons. The van der Waals surface area contributed by atoms with Gasteiger partial charge in [-0.2, -0.15) is 0 Å². The molecule has 4 rings (SSSR count). The van der Waals surface area contributed by atoms with E-state index in [1.165, 1.54) is 5.56 Å². The van der Waals surface area contributed by atoms with Gasteiger partial charge in [0.15, 0.2) is 0 Å². The zero-order chi connectivity index (χ0) is 22.3. The van der Waals surface area contributed by atoms with Gasteiger partial charge in [-0.05, 0) is 29.8 Å². The molecule has 2 aromatic rings. The first-order valence-corrected chi connectivity index (χ1v) is 12.5. The molecule has 2 saturated heterocycles. The Hall–Kier alpha value is -2.35. The summed E-state index contributed by atoms with van der Waals surface area (Å²) in [6.07, 6.45) is 0. The topological polar surface area (TPSA) is 55.9 Å². The molecule has 2 fully saturated rings. The molecule has 7 heteroatoms. The highest BCUT2D eigenvalue weighted by Gasteiger charge is 2.34. The number of amides is 2. The number of rotatable bonds is 7. The minimum atomic E-state index is -0.422. The second-order valence-electron chi connectivity index (χ2n) is 8.40. The molecule has 1 unspecified atom stereocenters. The lowest BCUT2D eigenvalue weighted by molar-refractivity contribution is -0.124. The minimum Gasteiger partial charge on any atom is -0.350 e. The maximum absolute atomic E-state index is 12.8. The summed E-state index contributed by atoms with van der Waals surface area (Å²) in [4.78, 5) is 32.3. The van der Waals surface area contributed by atoms with E-state index in [0.717, 1.165) is 44.8 Å². The molecule has 2 heterocycles. The molecule has 32 heavy (non-hydrogen) atoms. The highest BCUT2D eigenvalue weighted by atomic mass is 32.2. The van der Waals surface area contributed by atoms with Crippen LogP contribution in [0.15, 0.2) is 54.6 Å². The molecule has 2 aliphatic heterocycles. The molecular weight excluding hydrogens is 420 g/mol. The predicted molar refractivity (Wildman–Crippen MR) is 129 cm³/mol. The Labute approximate surface area is 194 Å². The van der Waals surface area contributed by atoms with Gasteiger partial charge in [0, 0.05) is 50.6 Å². The Kier molecular flexibility index (Phi) is 7.84. The van der Waals surface area contributed by atoms with Gasteiger partial charge in [0.25, 0.3) is 5.91 Å². The molecule has 0 spiro atoms. The van der Waals surface area contributed by atoms with Gasteiger partial charge in [-0.15, -0.1) is 11.8 Å². The van der Waals surface area contributed by atoms with Crippen LogP contribution >= 0.6 is 11.8 Å². The monoisotopic (exact) mass is 452 g/mol. The number of hydrogen-bond donors (Lipinski definition) is 1. The largest absolute Gasteiger partial charge is 0.350 e. The summed E-state index contributed by atoms with van der Waals surface area (Å²) < 4.78 is 0. The van der Waals surface area contributed by atoms with Crippen molar-refractivity contribution in [2.24, 2.45) is 0 Å². The maximum Gasteiger partial charge on any atom is 0.255 e. The first-order valence-electron chi connectivity index (χ1n) is 11.4. The van der Waals surface area contributed by atoms with Gasteiger partial charge in [-0.3, -0.25) is 14.5 Å². The van der Waals surface area contributed by atoms with Crippen molar-refractivity contribution in [3.8, 4) is 0 Å². The van der Waals surface area contributed by atoms with Crippen LogP contribution in [-0.2, 0) is 17.9 Å². The lowest BCUT2D eigenvalue weighted by atomic mass is 10.1. The number of nitrogens with one attached hydrogen (secondary N) is 1. The van der Waals surface area contributed by atoms with E-state index >= 15 is 0 Å². The minimum absolute atomic E-state index is 0.0835. The van der Waals surface area contributed by atoms with E-state index in [1.807, 2.05) is 18.2 Å². The van der Waals surface area contributed by atoms with E-state index in [9.17, 15) is 9.59 Å². The fraction of sp³-hybridized carbons (Fsp3) is 0.440. The van der Waals surface area contributed by atoms with E-state index in [4.69, 9.17) is 0 Å². The van der Waals surface area contributed by atoms with E-state index in [1.54, 1.807) is 28.8 Å². The van der Waals surface area contributed by atoms with Crippen LogP contribution in [0.3, 0.4) is 0 Å². The maximum atomic E-state index is 12.8. The van der Waals surface area contributed by atoms with Crippen molar-refractivity contribution in [1.29, 1.82) is 0 Å². The normalized spacial score (nSPS) is 19.8. The Bertz CT molecular complexity index is 898. The number of hydrogen-bond acceptors (Lipinski definition) is 5. The quantitative estimate of drug-likeness (QED) is 0.700. The third kappa shape index (κ3) is 5.71. The van der Waals surface area contributed by atoms with E-state index < -0.39 is 6.04 Å². The highest BCUT2D eigenvalue weighted by molar-refractivity contribution is 7.99. The Morgan fingerprint density at radius 2 is 1.59 bits per heavy atom. The standard InChI is InChI=1S/C25H32N4O2S/c1-2-27-12-14-28(15-13-27)17-21-10-8-20(9-11-21)16-26-24(30)23-18-32-19-29(23)25(31)22-6-4-3-5-7-22/h3-11,23H,2,12-19H2,1H3,(H,26,30). The average molecular weight is 453 g/mol. The van der Waals surface area contributed by atoms with Crippen molar-refractivity contribution >= 4 is 23.6 Å². The molecule has 170 valence electrons. The summed E-state index contributed by atoms with van der Waals surface area (Å²) in [5.74, 6) is 1.01. The van der Waals surface area contributed by atoms with Gasteiger partial charge in [0.1, 0.15) is 6.04 Å². The molecule has 2 amide bonds. The Morgan fingerprint density at radius 1 is 0.938 bits per heavy atom. The molecule has 0 bridgehead atoms. The van der Waals surface area contributed by atoms with E-state index in [0.29, 0.717) is 23.7 Å². The van der Waals surface area contributed by atoms with Gasteiger partial charge >= 0.3 is 0 Å². The molecule has 2 aliphatic rings. The van der Waals surface area contributed by atoms with Crippen LogP contribution < -0.4 is 5.32 Å². The molecule has 1 N–H and O–H groups in total. The van der Waals surface area contributed by atoms with Gasteiger partial charge in [-0.1, -0.05) is 49.4 Å². The first kappa shape index (κ1) is 22.8. The van der Waals surface area contributed by atoms with Crippen LogP contribution in [0.2, 0.25) is 0 Å². The third-order valence-electron chi connectivity index (χ3n) is 6.27. The molecular formula is C25H32N4O2S. The lowest BCUT2D eigenvalue weighted by Crippen LogP contribution is -2.47. The predicted octanol–water partition coefficient (Wildman–Crippen LogP) is 2.66. The van der Waals surface area contributed by atoms with Crippen LogP contribution in [0.5, 0.6) is 0 Å². The summed E-state index contributed by atoms with van der Waals surface area (Å²) in [6, 6.07) is 17.3. The number of nitrogens with zero attached hydrogens (tertiary/aromatic N) is 3. The summed E-state index contributed by atoms with van der Waals surface area (Å²) in [5.41, 5.74) is 3.00.